The van der Waals surface area contributed by atoms with Gasteiger partial charge >= 0.3 is 5.97 Å². The number of carbonyl (C=O) groups excluding carboxylic acids is 1. The number of aromatic nitrogens is 1. The fourth-order valence-electron chi connectivity index (χ4n) is 1.83. The van der Waals surface area contributed by atoms with Gasteiger partial charge in [0, 0.05) is 24.0 Å². The largest absolute Gasteiger partial charge is 0.458 e. The highest BCUT2D eigenvalue weighted by Gasteiger charge is 2.11. The third-order valence-corrected chi connectivity index (χ3v) is 2.73. The number of rotatable bonds is 4. The van der Waals surface area contributed by atoms with E-state index in [1.807, 2.05) is 41.9 Å². The summed E-state index contributed by atoms with van der Waals surface area (Å²) in [6.45, 7) is 2.05. The predicted molar refractivity (Wildman–Crippen MR) is 71.3 cm³/mol. The minimum atomic E-state index is -0.388. The molecule has 0 saturated carbocycles. The Morgan fingerprint density at radius 1 is 1.53 bits per heavy atom. The van der Waals surface area contributed by atoms with Gasteiger partial charge < -0.3 is 9.14 Å². The lowest BCUT2D eigenvalue weighted by molar-refractivity contribution is -0.139. The normalized spacial score (nSPS) is 10.7. The van der Waals surface area contributed by atoms with Crippen LogP contribution in [0, 0.1) is 11.3 Å². The summed E-state index contributed by atoms with van der Waals surface area (Å²) in [4.78, 5) is 11.4. The average molecular weight is 254 g/mol. The van der Waals surface area contributed by atoms with Gasteiger partial charge in [0.2, 0.25) is 0 Å². The summed E-state index contributed by atoms with van der Waals surface area (Å²) >= 11 is 0. The molecule has 0 N–H and O–H groups in total. The van der Waals surface area contributed by atoms with Crippen molar-refractivity contribution in [1.82, 2.24) is 4.40 Å². The topological polar surface area (TPSA) is 54.5 Å². The first kappa shape index (κ1) is 12.9. The Bertz CT molecular complexity index is 662. The van der Waals surface area contributed by atoms with Crippen LogP contribution in [0.1, 0.15) is 24.5 Å². The zero-order valence-electron chi connectivity index (χ0n) is 10.7. The van der Waals surface area contributed by atoms with Gasteiger partial charge in [0.05, 0.1) is 11.1 Å². The van der Waals surface area contributed by atoms with Crippen LogP contribution in [0.5, 0.6) is 0 Å². The molecule has 0 aliphatic rings. The van der Waals surface area contributed by atoms with E-state index in [0.717, 1.165) is 11.9 Å². The minimum Gasteiger partial charge on any atom is -0.458 e. The van der Waals surface area contributed by atoms with Crippen LogP contribution in [0.2, 0.25) is 0 Å². The molecule has 96 valence electrons. The Morgan fingerprint density at radius 3 is 3.11 bits per heavy atom. The molecule has 0 unspecified atom stereocenters. The Kier molecular flexibility index (Phi) is 3.99. The third-order valence-electron chi connectivity index (χ3n) is 2.73. The van der Waals surface area contributed by atoms with E-state index >= 15 is 0 Å². The molecule has 0 bridgehead atoms. The molecule has 0 aromatic carbocycles. The van der Waals surface area contributed by atoms with E-state index in [4.69, 9.17) is 4.74 Å². The SMILES string of the molecule is CC/C=C/C(=O)OCc1cn2ccccc2c1C#N. The number of allylic oxidation sites excluding steroid dienone is 1. The lowest BCUT2D eigenvalue weighted by Crippen LogP contribution is -2.01. The Balaban J connectivity index is 2.19. The third kappa shape index (κ3) is 2.83. The molecule has 4 heteroatoms. The van der Waals surface area contributed by atoms with E-state index in [2.05, 4.69) is 6.07 Å². The molecule has 0 atom stereocenters. The van der Waals surface area contributed by atoms with Crippen molar-refractivity contribution < 1.29 is 9.53 Å². The van der Waals surface area contributed by atoms with Crippen molar-refractivity contribution in [3.63, 3.8) is 0 Å². The molecule has 2 aromatic rings. The molecule has 0 amide bonds. The van der Waals surface area contributed by atoms with Crippen molar-refractivity contribution in [1.29, 1.82) is 5.26 Å². The number of ether oxygens (including phenoxy) is 1. The van der Waals surface area contributed by atoms with E-state index in [1.165, 1.54) is 6.08 Å². The van der Waals surface area contributed by atoms with Gasteiger partial charge in [0.1, 0.15) is 12.7 Å². The Morgan fingerprint density at radius 2 is 2.37 bits per heavy atom. The molecule has 0 fully saturated rings. The van der Waals surface area contributed by atoms with Crippen molar-refractivity contribution in [2.24, 2.45) is 0 Å². The maximum absolute atomic E-state index is 11.4. The van der Waals surface area contributed by atoms with Crippen LogP contribution in [0.15, 0.2) is 42.7 Å². The van der Waals surface area contributed by atoms with Gasteiger partial charge in [-0.1, -0.05) is 19.1 Å². The monoisotopic (exact) mass is 254 g/mol. The van der Waals surface area contributed by atoms with Crippen LogP contribution in [-0.4, -0.2) is 10.4 Å². The van der Waals surface area contributed by atoms with Crippen molar-refractivity contribution in [2.75, 3.05) is 0 Å². The van der Waals surface area contributed by atoms with E-state index < -0.39 is 0 Å². The summed E-state index contributed by atoms with van der Waals surface area (Å²) in [7, 11) is 0. The number of hydrogen-bond donors (Lipinski definition) is 0. The van der Waals surface area contributed by atoms with E-state index in [9.17, 15) is 10.1 Å². The van der Waals surface area contributed by atoms with E-state index in [-0.39, 0.29) is 12.6 Å². The molecule has 0 saturated heterocycles. The number of hydrogen-bond acceptors (Lipinski definition) is 3. The molecule has 0 aliphatic heterocycles. The van der Waals surface area contributed by atoms with Crippen molar-refractivity contribution in [3.05, 3.63) is 53.9 Å². The van der Waals surface area contributed by atoms with Crippen LogP contribution < -0.4 is 0 Å². The fourth-order valence-corrected chi connectivity index (χ4v) is 1.83. The van der Waals surface area contributed by atoms with Crippen molar-refractivity contribution in [3.8, 4) is 6.07 Å². The summed E-state index contributed by atoms with van der Waals surface area (Å²) in [6.07, 6.45) is 7.60. The molecule has 2 aromatic heterocycles. The van der Waals surface area contributed by atoms with Gasteiger partial charge in [-0.05, 0) is 18.6 Å². The number of nitriles is 1. The van der Waals surface area contributed by atoms with Gasteiger partial charge in [-0.2, -0.15) is 5.26 Å². The molecular formula is C15H14N2O2. The second-order valence-electron chi connectivity index (χ2n) is 4.05. The number of fused-ring (bicyclic) bond motifs is 1. The fraction of sp³-hybridized carbons (Fsp3) is 0.200. The second kappa shape index (κ2) is 5.87. The first-order valence-electron chi connectivity index (χ1n) is 6.08. The molecule has 0 aliphatic carbocycles. The molecular weight excluding hydrogens is 240 g/mol. The number of pyridine rings is 1. The highest BCUT2D eigenvalue weighted by molar-refractivity contribution is 5.82. The van der Waals surface area contributed by atoms with Crippen LogP contribution in [0.25, 0.3) is 5.52 Å². The Labute approximate surface area is 111 Å². The van der Waals surface area contributed by atoms with E-state index in [1.54, 1.807) is 6.08 Å². The lowest BCUT2D eigenvalue weighted by Gasteiger charge is -1.99. The summed E-state index contributed by atoms with van der Waals surface area (Å²) in [5.74, 6) is -0.388. The molecule has 0 spiro atoms. The zero-order valence-corrected chi connectivity index (χ0v) is 10.7. The zero-order chi connectivity index (χ0) is 13.7. The van der Waals surface area contributed by atoms with Gasteiger partial charge in [0.25, 0.3) is 0 Å². The van der Waals surface area contributed by atoms with Crippen LogP contribution in [0.3, 0.4) is 0 Å². The first-order chi connectivity index (χ1) is 9.26. The highest BCUT2D eigenvalue weighted by atomic mass is 16.5. The summed E-state index contributed by atoms with van der Waals surface area (Å²) in [6, 6.07) is 7.77. The molecule has 2 rings (SSSR count). The quantitative estimate of drug-likeness (QED) is 0.622. The average Bonchev–Trinajstić information content (AvgIpc) is 2.80. The molecule has 4 nitrogen and oxygen atoms in total. The van der Waals surface area contributed by atoms with Gasteiger partial charge in [0.15, 0.2) is 0 Å². The Hall–Kier alpha value is -2.54. The van der Waals surface area contributed by atoms with Gasteiger partial charge in [-0.25, -0.2) is 4.79 Å². The first-order valence-corrected chi connectivity index (χ1v) is 6.08. The highest BCUT2D eigenvalue weighted by Crippen LogP contribution is 2.18. The van der Waals surface area contributed by atoms with Crippen LogP contribution in [0.4, 0.5) is 0 Å². The van der Waals surface area contributed by atoms with Gasteiger partial charge in [-0.3, -0.25) is 0 Å². The lowest BCUT2D eigenvalue weighted by atomic mass is 10.2. The summed E-state index contributed by atoms with van der Waals surface area (Å²) in [5, 5.41) is 9.19. The van der Waals surface area contributed by atoms with Gasteiger partial charge in [-0.15, -0.1) is 0 Å². The smallest absolute Gasteiger partial charge is 0.330 e. The summed E-state index contributed by atoms with van der Waals surface area (Å²) < 4.78 is 6.96. The standard InChI is InChI=1S/C15H14N2O2/c1-2-3-7-15(18)19-11-12-10-17-8-5-4-6-14(17)13(12)9-16/h3-8,10H,2,11H2,1H3/b7-3+. The number of carbonyl (C=O) groups is 1. The minimum absolute atomic E-state index is 0.109. The number of nitrogens with zero attached hydrogens (tertiary/aromatic N) is 2. The summed E-state index contributed by atoms with van der Waals surface area (Å²) in [5.41, 5.74) is 2.08. The van der Waals surface area contributed by atoms with Crippen molar-refractivity contribution >= 4 is 11.5 Å². The van der Waals surface area contributed by atoms with Crippen LogP contribution in [-0.2, 0) is 16.1 Å². The molecule has 0 radical (unpaired) electrons. The second-order valence-corrected chi connectivity index (χ2v) is 4.05. The predicted octanol–water partition coefficient (Wildman–Crippen LogP) is 2.82. The molecule has 2 heterocycles. The van der Waals surface area contributed by atoms with E-state index in [0.29, 0.717) is 11.1 Å². The van der Waals surface area contributed by atoms with Crippen molar-refractivity contribution in [2.45, 2.75) is 20.0 Å². The molecule has 19 heavy (non-hydrogen) atoms. The maximum atomic E-state index is 11.4. The number of esters is 1. The maximum Gasteiger partial charge on any atom is 0.330 e. The van der Waals surface area contributed by atoms with Crippen LogP contribution >= 0.6 is 0 Å².